The van der Waals surface area contributed by atoms with Crippen molar-refractivity contribution in [2.45, 2.75) is 12.3 Å². The number of halogens is 1. The third kappa shape index (κ3) is 5.66. The van der Waals surface area contributed by atoms with Crippen LogP contribution in [0.4, 0.5) is 4.39 Å². The van der Waals surface area contributed by atoms with Crippen LogP contribution in [0.2, 0.25) is 0 Å². The first kappa shape index (κ1) is 16.1. The van der Waals surface area contributed by atoms with Gasteiger partial charge < -0.3 is 5.73 Å². The van der Waals surface area contributed by atoms with E-state index in [-0.39, 0.29) is 12.1 Å². The first-order valence-electron chi connectivity index (χ1n) is 5.48. The lowest BCUT2D eigenvalue weighted by Gasteiger charge is -2.07. The molecule has 1 aromatic carbocycles. The van der Waals surface area contributed by atoms with Crippen molar-refractivity contribution in [1.82, 2.24) is 0 Å². The lowest BCUT2D eigenvalue weighted by atomic mass is 10.1. The summed E-state index contributed by atoms with van der Waals surface area (Å²) in [7, 11) is -7.04. The van der Waals surface area contributed by atoms with Gasteiger partial charge >= 0.3 is 0 Å². The van der Waals surface area contributed by atoms with E-state index in [0.717, 1.165) is 12.3 Å². The van der Waals surface area contributed by atoms with Gasteiger partial charge in [0.15, 0.2) is 9.84 Å². The Hall–Kier alpha value is -0.990. The first-order chi connectivity index (χ1) is 8.63. The molecule has 19 heavy (non-hydrogen) atoms. The molecule has 0 bridgehead atoms. The van der Waals surface area contributed by atoms with E-state index in [0.29, 0.717) is 5.56 Å². The molecule has 0 saturated heterocycles. The quantitative estimate of drug-likeness (QED) is 0.812. The normalized spacial score (nSPS) is 12.6. The van der Waals surface area contributed by atoms with Gasteiger partial charge in [0.25, 0.3) is 0 Å². The van der Waals surface area contributed by atoms with Crippen LogP contribution in [-0.4, -0.2) is 34.6 Å². The second kappa shape index (κ2) is 5.98. The number of hydrogen-bond donors (Lipinski definition) is 1. The molecule has 0 aliphatic carbocycles. The van der Waals surface area contributed by atoms with Gasteiger partial charge in [0.2, 0.25) is 0 Å². The number of sulfone groups is 2. The Morgan fingerprint density at radius 1 is 1.16 bits per heavy atom. The Bertz CT molecular complexity index is 653. The Kier molecular flexibility index (Phi) is 5.05. The maximum atomic E-state index is 13.5. The van der Waals surface area contributed by atoms with Crippen LogP contribution in [0.1, 0.15) is 11.1 Å². The SMILES string of the molecule is CS(=O)(=O)CCS(=O)(=O)Cc1cc(CN)ccc1F. The molecular weight excluding hydrogens is 293 g/mol. The fourth-order valence-electron chi connectivity index (χ4n) is 1.45. The molecule has 8 heteroatoms. The van der Waals surface area contributed by atoms with Crippen LogP contribution in [0, 0.1) is 5.82 Å². The van der Waals surface area contributed by atoms with E-state index in [1.165, 1.54) is 12.1 Å². The number of nitrogens with two attached hydrogens (primary N) is 1. The van der Waals surface area contributed by atoms with Gasteiger partial charge in [-0.2, -0.15) is 0 Å². The van der Waals surface area contributed by atoms with E-state index in [1.807, 2.05) is 0 Å². The summed E-state index contributed by atoms with van der Waals surface area (Å²) in [5.41, 5.74) is 6.03. The molecule has 0 radical (unpaired) electrons. The fourth-order valence-corrected chi connectivity index (χ4v) is 4.52. The summed E-state index contributed by atoms with van der Waals surface area (Å²) >= 11 is 0. The molecule has 1 rings (SSSR count). The van der Waals surface area contributed by atoms with Gasteiger partial charge in [-0.25, -0.2) is 21.2 Å². The molecule has 0 unspecified atom stereocenters. The summed E-state index contributed by atoms with van der Waals surface area (Å²) < 4.78 is 58.8. The van der Waals surface area contributed by atoms with Crippen molar-refractivity contribution >= 4 is 19.7 Å². The zero-order valence-corrected chi connectivity index (χ0v) is 12.1. The smallest absolute Gasteiger partial charge is 0.155 e. The lowest BCUT2D eigenvalue weighted by molar-refractivity contribution is 0.584. The van der Waals surface area contributed by atoms with Crippen LogP contribution in [0.5, 0.6) is 0 Å². The maximum Gasteiger partial charge on any atom is 0.155 e. The molecule has 0 saturated carbocycles. The summed E-state index contributed by atoms with van der Waals surface area (Å²) in [6.07, 6.45) is 0.956. The van der Waals surface area contributed by atoms with Gasteiger partial charge in [-0.05, 0) is 11.6 Å². The second-order valence-corrected chi connectivity index (χ2v) is 8.80. The zero-order valence-electron chi connectivity index (χ0n) is 10.5. The Morgan fingerprint density at radius 2 is 1.79 bits per heavy atom. The molecule has 0 atom stereocenters. The van der Waals surface area contributed by atoms with Crippen molar-refractivity contribution in [3.05, 3.63) is 35.1 Å². The predicted octanol–water partition coefficient (Wildman–Crippen LogP) is 0.244. The number of benzene rings is 1. The highest BCUT2D eigenvalue weighted by Gasteiger charge is 2.17. The summed E-state index contributed by atoms with van der Waals surface area (Å²) in [6.45, 7) is 0.177. The van der Waals surface area contributed by atoms with Crippen LogP contribution in [-0.2, 0) is 32.0 Å². The summed E-state index contributed by atoms with van der Waals surface area (Å²) in [6, 6.07) is 4.01. The minimum atomic E-state index is -3.68. The maximum absolute atomic E-state index is 13.5. The topological polar surface area (TPSA) is 94.3 Å². The van der Waals surface area contributed by atoms with Gasteiger partial charge in [-0.1, -0.05) is 12.1 Å². The molecule has 0 aliphatic heterocycles. The highest BCUT2D eigenvalue weighted by Crippen LogP contribution is 2.14. The molecule has 0 heterocycles. The van der Waals surface area contributed by atoms with Crippen molar-refractivity contribution in [2.75, 3.05) is 17.8 Å². The monoisotopic (exact) mass is 309 g/mol. The first-order valence-corrected chi connectivity index (χ1v) is 9.37. The van der Waals surface area contributed by atoms with Gasteiger partial charge in [0.1, 0.15) is 15.7 Å². The summed E-state index contributed by atoms with van der Waals surface area (Å²) in [4.78, 5) is 0. The zero-order chi connectivity index (χ0) is 14.7. The molecule has 2 N–H and O–H groups in total. The molecule has 0 aliphatic rings. The highest BCUT2D eigenvalue weighted by atomic mass is 32.2. The van der Waals surface area contributed by atoms with Crippen LogP contribution < -0.4 is 5.73 Å². The summed E-state index contributed by atoms with van der Waals surface area (Å²) in [5, 5.41) is 0. The standard InChI is InChI=1S/C11H16FNO4S2/c1-18(14,15)4-5-19(16,17)8-10-6-9(7-13)2-3-11(10)12/h2-3,6H,4-5,7-8,13H2,1H3. The van der Waals surface area contributed by atoms with Gasteiger partial charge in [0.05, 0.1) is 17.3 Å². The molecule has 108 valence electrons. The molecule has 1 aromatic rings. The third-order valence-electron chi connectivity index (χ3n) is 2.49. The fraction of sp³-hybridized carbons (Fsp3) is 0.455. The molecule has 0 amide bonds. The molecule has 5 nitrogen and oxygen atoms in total. The lowest BCUT2D eigenvalue weighted by Crippen LogP contribution is -2.18. The number of rotatable bonds is 6. The summed E-state index contributed by atoms with van der Waals surface area (Å²) in [5.74, 6) is -2.14. The highest BCUT2D eigenvalue weighted by molar-refractivity contribution is 7.94. The largest absolute Gasteiger partial charge is 0.326 e. The minimum Gasteiger partial charge on any atom is -0.326 e. The van der Waals surface area contributed by atoms with Crippen LogP contribution in [0.15, 0.2) is 18.2 Å². The van der Waals surface area contributed by atoms with Crippen LogP contribution in [0.25, 0.3) is 0 Å². The Balaban J connectivity index is 2.89. The third-order valence-corrected chi connectivity index (χ3v) is 5.27. The Labute approximate surface area is 112 Å². The minimum absolute atomic E-state index is 0.0106. The van der Waals surface area contributed by atoms with E-state index in [1.54, 1.807) is 0 Å². The van der Waals surface area contributed by atoms with Crippen molar-refractivity contribution < 1.29 is 21.2 Å². The van der Waals surface area contributed by atoms with Crippen molar-refractivity contribution in [3.63, 3.8) is 0 Å². The molecule has 0 aromatic heterocycles. The van der Waals surface area contributed by atoms with E-state index >= 15 is 0 Å². The molecule has 0 fully saturated rings. The van der Waals surface area contributed by atoms with Gasteiger partial charge in [-0.3, -0.25) is 0 Å². The van der Waals surface area contributed by atoms with Crippen molar-refractivity contribution in [2.24, 2.45) is 5.73 Å². The number of hydrogen-bond acceptors (Lipinski definition) is 5. The van der Waals surface area contributed by atoms with E-state index in [9.17, 15) is 21.2 Å². The van der Waals surface area contributed by atoms with Crippen molar-refractivity contribution in [3.8, 4) is 0 Å². The van der Waals surface area contributed by atoms with Crippen LogP contribution >= 0.6 is 0 Å². The Morgan fingerprint density at radius 3 is 2.32 bits per heavy atom. The molecule has 0 spiro atoms. The second-order valence-electron chi connectivity index (χ2n) is 4.35. The van der Waals surface area contributed by atoms with E-state index < -0.39 is 42.8 Å². The van der Waals surface area contributed by atoms with Crippen LogP contribution in [0.3, 0.4) is 0 Å². The van der Waals surface area contributed by atoms with Gasteiger partial charge in [0, 0.05) is 18.4 Å². The van der Waals surface area contributed by atoms with Gasteiger partial charge in [-0.15, -0.1) is 0 Å². The van der Waals surface area contributed by atoms with E-state index in [4.69, 9.17) is 5.73 Å². The molecular formula is C11H16FNO4S2. The van der Waals surface area contributed by atoms with E-state index in [2.05, 4.69) is 0 Å². The average Bonchev–Trinajstić information content (AvgIpc) is 2.29. The van der Waals surface area contributed by atoms with Crippen molar-refractivity contribution in [1.29, 1.82) is 0 Å². The predicted molar refractivity (Wildman–Crippen MR) is 71.5 cm³/mol. The average molecular weight is 309 g/mol.